The number of rotatable bonds is 6. The maximum absolute atomic E-state index is 13.3. The Morgan fingerprint density at radius 3 is 2.56 bits per heavy atom. The zero-order chi connectivity index (χ0) is 13.8. The number of halogens is 2. The van der Waals surface area contributed by atoms with Crippen molar-refractivity contribution in [3.63, 3.8) is 0 Å². The van der Waals surface area contributed by atoms with Crippen molar-refractivity contribution in [2.24, 2.45) is 0 Å². The smallest absolute Gasteiger partial charge is 0.243 e. The first-order valence-corrected chi connectivity index (χ1v) is 7.05. The van der Waals surface area contributed by atoms with Crippen LogP contribution in [0.25, 0.3) is 0 Å². The van der Waals surface area contributed by atoms with Crippen LogP contribution in [0.4, 0.5) is 8.78 Å². The summed E-state index contributed by atoms with van der Waals surface area (Å²) in [5, 5.41) is 0. The second-order valence-corrected chi connectivity index (χ2v) is 6.02. The first kappa shape index (κ1) is 15.0. The van der Waals surface area contributed by atoms with Gasteiger partial charge >= 0.3 is 0 Å². The molecule has 7 heteroatoms. The van der Waals surface area contributed by atoms with Gasteiger partial charge in [0.1, 0.15) is 16.5 Å². The molecule has 0 atom stereocenters. The quantitative estimate of drug-likeness (QED) is 0.707. The maximum Gasteiger partial charge on any atom is 0.243 e. The summed E-state index contributed by atoms with van der Waals surface area (Å²) in [6.45, 7) is 0.984. The van der Waals surface area contributed by atoms with Gasteiger partial charge in [-0.25, -0.2) is 21.9 Å². The number of hydrogen-bond acceptors (Lipinski definition) is 2. The molecule has 0 radical (unpaired) electrons. The molecule has 0 amide bonds. The van der Waals surface area contributed by atoms with E-state index < -0.39 is 26.6 Å². The van der Waals surface area contributed by atoms with Crippen LogP contribution in [-0.4, -0.2) is 35.6 Å². The summed E-state index contributed by atoms with van der Waals surface area (Å²) in [7, 11) is -0.0953. The average Bonchev–Trinajstić information content (AvgIpc) is 2.27. The number of benzene rings is 1. The zero-order valence-electron chi connectivity index (χ0n) is 10.3. The summed E-state index contributed by atoms with van der Waals surface area (Å²) in [5.41, 5.74) is 0. The van der Waals surface area contributed by atoms with Crippen LogP contribution >= 0.6 is 0 Å². The van der Waals surface area contributed by atoms with Gasteiger partial charge in [-0.15, -0.1) is 0 Å². The van der Waals surface area contributed by atoms with Gasteiger partial charge in [-0.3, -0.25) is 0 Å². The van der Waals surface area contributed by atoms with Crippen LogP contribution in [0, 0.1) is 11.6 Å². The molecule has 2 N–H and O–H groups in total. The predicted molar refractivity (Wildman–Crippen MR) is 63.8 cm³/mol. The normalized spacial score (nSPS) is 12.1. The van der Waals surface area contributed by atoms with Gasteiger partial charge in [-0.05, 0) is 18.2 Å². The molecule has 0 fully saturated rings. The Morgan fingerprint density at radius 2 is 1.94 bits per heavy atom. The van der Waals surface area contributed by atoms with E-state index >= 15 is 0 Å². The summed E-state index contributed by atoms with van der Waals surface area (Å²) < 4.78 is 51.9. The molecule has 0 heterocycles. The Balaban J connectivity index is 2.71. The molecule has 4 nitrogen and oxygen atoms in total. The predicted octanol–water partition coefficient (Wildman–Crippen LogP) is -0.222. The summed E-state index contributed by atoms with van der Waals surface area (Å²) in [6, 6.07) is 2.35. The summed E-state index contributed by atoms with van der Waals surface area (Å²) in [5.74, 6) is -1.74. The maximum atomic E-state index is 13.3. The van der Waals surface area contributed by atoms with E-state index in [0.29, 0.717) is 12.5 Å². The van der Waals surface area contributed by atoms with Gasteiger partial charge in [-0.2, -0.15) is 0 Å². The van der Waals surface area contributed by atoms with Crippen LogP contribution in [0.3, 0.4) is 0 Å². The van der Waals surface area contributed by atoms with E-state index in [1.54, 1.807) is 0 Å². The summed E-state index contributed by atoms with van der Waals surface area (Å²) >= 11 is 0. The third-order valence-electron chi connectivity index (χ3n) is 2.33. The van der Waals surface area contributed by atoms with Crippen molar-refractivity contribution in [2.45, 2.75) is 11.3 Å². The lowest BCUT2D eigenvalue weighted by Gasteiger charge is -2.09. The second kappa shape index (κ2) is 6.21. The molecule has 18 heavy (non-hydrogen) atoms. The van der Waals surface area contributed by atoms with Gasteiger partial charge in [0, 0.05) is 13.0 Å². The standard InChI is InChI=1S/C11H16F2N2O2S/c1-15(2)7-3-6-14-18(16,17)11-8-9(12)4-5-10(11)13/h4-5,8,14H,3,6-7H2,1-2H3/p+1. The van der Waals surface area contributed by atoms with E-state index in [4.69, 9.17) is 0 Å². The highest BCUT2D eigenvalue weighted by molar-refractivity contribution is 7.89. The van der Waals surface area contributed by atoms with Crippen LogP contribution in [0.2, 0.25) is 0 Å². The molecule has 1 aromatic rings. The molecular formula is C11H17F2N2O2S+. The first-order valence-electron chi connectivity index (χ1n) is 5.56. The van der Waals surface area contributed by atoms with Crippen molar-refractivity contribution in [3.8, 4) is 0 Å². The SMILES string of the molecule is C[NH+](C)CCCNS(=O)(=O)c1cc(F)ccc1F. The molecule has 0 saturated heterocycles. The molecule has 1 rings (SSSR count). The third-order valence-corrected chi connectivity index (χ3v) is 3.80. The molecular weight excluding hydrogens is 262 g/mol. The van der Waals surface area contributed by atoms with Crippen molar-refractivity contribution in [1.82, 2.24) is 4.72 Å². The Morgan fingerprint density at radius 1 is 1.28 bits per heavy atom. The van der Waals surface area contributed by atoms with E-state index in [-0.39, 0.29) is 6.54 Å². The number of sulfonamides is 1. The fourth-order valence-electron chi connectivity index (χ4n) is 1.41. The molecule has 0 aliphatic rings. The van der Waals surface area contributed by atoms with Crippen molar-refractivity contribution in [1.29, 1.82) is 0 Å². The van der Waals surface area contributed by atoms with Gasteiger partial charge in [0.05, 0.1) is 20.6 Å². The number of nitrogens with one attached hydrogen (secondary N) is 2. The van der Waals surface area contributed by atoms with Gasteiger partial charge in [0.15, 0.2) is 0 Å². The first-order chi connectivity index (χ1) is 8.33. The number of hydrogen-bond donors (Lipinski definition) is 2. The topological polar surface area (TPSA) is 50.6 Å². The molecule has 0 aliphatic heterocycles. The van der Waals surface area contributed by atoms with Gasteiger partial charge < -0.3 is 4.90 Å². The van der Waals surface area contributed by atoms with Crippen molar-refractivity contribution in [3.05, 3.63) is 29.8 Å². The van der Waals surface area contributed by atoms with Crippen LogP contribution in [-0.2, 0) is 10.0 Å². The van der Waals surface area contributed by atoms with Crippen molar-refractivity contribution >= 4 is 10.0 Å². The molecule has 0 saturated carbocycles. The Bertz CT molecular complexity index is 504. The molecule has 1 aromatic carbocycles. The Kier molecular flexibility index (Phi) is 5.18. The van der Waals surface area contributed by atoms with E-state index in [1.807, 2.05) is 14.1 Å². The average molecular weight is 279 g/mol. The minimum atomic E-state index is -3.99. The van der Waals surface area contributed by atoms with Crippen LogP contribution in [0.5, 0.6) is 0 Å². The van der Waals surface area contributed by atoms with E-state index in [0.717, 1.165) is 18.7 Å². The minimum absolute atomic E-state index is 0.198. The highest BCUT2D eigenvalue weighted by Crippen LogP contribution is 2.15. The van der Waals surface area contributed by atoms with Crippen molar-refractivity contribution < 1.29 is 22.1 Å². The molecule has 0 spiro atoms. The molecule has 102 valence electrons. The van der Waals surface area contributed by atoms with Crippen LogP contribution in [0.15, 0.2) is 23.1 Å². The molecule has 0 bridgehead atoms. The van der Waals surface area contributed by atoms with Gasteiger partial charge in [0.25, 0.3) is 0 Å². The monoisotopic (exact) mass is 279 g/mol. The van der Waals surface area contributed by atoms with E-state index in [9.17, 15) is 17.2 Å². The molecule has 0 aromatic heterocycles. The Hall–Kier alpha value is -1.05. The lowest BCUT2D eigenvalue weighted by Crippen LogP contribution is -3.05. The minimum Gasteiger partial charge on any atom is -0.340 e. The fraction of sp³-hybridized carbons (Fsp3) is 0.455. The molecule has 0 unspecified atom stereocenters. The van der Waals surface area contributed by atoms with Crippen molar-refractivity contribution in [2.75, 3.05) is 27.2 Å². The summed E-state index contributed by atoms with van der Waals surface area (Å²) in [6.07, 6.45) is 0.624. The van der Waals surface area contributed by atoms with Gasteiger partial charge in [0.2, 0.25) is 10.0 Å². The van der Waals surface area contributed by atoms with E-state index in [1.165, 1.54) is 4.90 Å². The van der Waals surface area contributed by atoms with Crippen LogP contribution in [0.1, 0.15) is 6.42 Å². The lowest BCUT2D eigenvalue weighted by atomic mass is 10.3. The third kappa shape index (κ3) is 4.32. The van der Waals surface area contributed by atoms with Crippen LogP contribution < -0.4 is 9.62 Å². The summed E-state index contributed by atoms with van der Waals surface area (Å²) in [4.78, 5) is 0.533. The number of quaternary nitrogens is 1. The second-order valence-electron chi connectivity index (χ2n) is 4.28. The highest BCUT2D eigenvalue weighted by Gasteiger charge is 2.19. The lowest BCUT2D eigenvalue weighted by molar-refractivity contribution is -0.858. The van der Waals surface area contributed by atoms with Gasteiger partial charge in [-0.1, -0.05) is 0 Å². The molecule has 0 aliphatic carbocycles. The fourth-order valence-corrected chi connectivity index (χ4v) is 2.57. The Labute approximate surface area is 106 Å². The highest BCUT2D eigenvalue weighted by atomic mass is 32.2. The van der Waals surface area contributed by atoms with E-state index in [2.05, 4.69) is 4.72 Å². The largest absolute Gasteiger partial charge is 0.340 e. The zero-order valence-corrected chi connectivity index (χ0v) is 11.2.